The molecule has 21 heavy (non-hydrogen) atoms. The quantitative estimate of drug-likeness (QED) is 0.674. The zero-order valence-corrected chi connectivity index (χ0v) is 10.9. The Morgan fingerprint density at radius 3 is 2.33 bits per heavy atom. The molecule has 0 radical (unpaired) electrons. The number of hydrogen-bond donors (Lipinski definition) is 2. The predicted molar refractivity (Wildman–Crippen MR) is 71.8 cm³/mol. The minimum absolute atomic E-state index is 0.113. The second kappa shape index (κ2) is 5.74. The van der Waals surface area contributed by atoms with Crippen molar-refractivity contribution < 1.29 is 22.7 Å². The van der Waals surface area contributed by atoms with Gasteiger partial charge in [0, 0.05) is 5.69 Å². The van der Waals surface area contributed by atoms with E-state index in [-0.39, 0.29) is 16.9 Å². The van der Waals surface area contributed by atoms with Crippen LogP contribution < -0.4 is 11.1 Å². The van der Waals surface area contributed by atoms with Crippen LogP contribution in [-0.4, -0.2) is 13.1 Å². The Hall–Kier alpha value is -2.70. The van der Waals surface area contributed by atoms with Gasteiger partial charge in [0.2, 0.25) is 0 Å². The van der Waals surface area contributed by atoms with E-state index in [1.54, 1.807) is 0 Å². The summed E-state index contributed by atoms with van der Waals surface area (Å²) in [5, 5.41) is 2.27. The van der Waals surface area contributed by atoms with Gasteiger partial charge in [-0.25, -0.2) is 18.0 Å². The third kappa shape index (κ3) is 2.91. The van der Waals surface area contributed by atoms with Gasteiger partial charge in [-0.05, 0) is 24.3 Å². The van der Waals surface area contributed by atoms with Crippen molar-refractivity contribution in [2.75, 3.05) is 18.2 Å². The van der Waals surface area contributed by atoms with E-state index in [1.165, 1.54) is 6.07 Å². The zero-order chi connectivity index (χ0) is 15.6. The lowest BCUT2D eigenvalue weighted by Gasteiger charge is -2.12. The van der Waals surface area contributed by atoms with Gasteiger partial charge in [-0.1, -0.05) is 6.07 Å². The summed E-state index contributed by atoms with van der Waals surface area (Å²) in [6.07, 6.45) is 0. The summed E-state index contributed by atoms with van der Waals surface area (Å²) in [6.45, 7) is 0. The lowest BCUT2D eigenvalue weighted by Crippen LogP contribution is -2.08. The number of nitrogens with two attached hydrogens (primary N) is 1. The first-order valence-corrected chi connectivity index (χ1v) is 5.82. The molecule has 0 amide bonds. The van der Waals surface area contributed by atoms with Gasteiger partial charge in [-0.2, -0.15) is 0 Å². The third-order valence-electron chi connectivity index (χ3n) is 2.77. The summed E-state index contributed by atoms with van der Waals surface area (Å²) in [7, 11) is 1.13. The number of carbonyl (C=O) groups excluding carboxylic acids is 1. The van der Waals surface area contributed by atoms with Crippen LogP contribution in [0.15, 0.2) is 30.3 Å². The Morgan fingerprint density at radius 2 is 1.76 bits per heavy atom. The topological polar surface area (TPSA) is 64.3 Å². The number of esters is 1. The van der Waals surface area contributed by atoms with Crippen molar-refractivity contribution in [2.45, 2.75) is 0 Å². The summed E-state index contributed by atoms with van der Waals surface area (Å²) < 4.78 is 45.4. The first kappa shape index (κ1) is 14.7. The van der Waals surface area contributed by atoms with Crippen molar-refractivity contribution in [1.29, 1.82) is 0 Å². The molecule has 0 heterocycles. The standard InChI is InChI=1S/C14H11F3N2O2/c1-21-14(20)7-5-12(10(17)6-11(7)18)19-13-8(15)3-2-4-9(13)16/h2-6,19H,18H2,1H3. The van der Waals surface area contributed by atoms with E-state index in [9.17, 15) is 18.0 Å². The molecule has 0 aliphatic carbocycles. The highest BCUT2D eigenvalue weighted by molar-refractivity contribution is 5.96. The molecule has 0 aliphatic rings. The van der Waals surface area contributed by atoms with Crippen LogP contribution in [0.4, 0.5) is 30.2 Å². The number of benzene rings is 2. The van der Waals surface area contributed by atoms with Gasteiger partial charge in [0.05, 0.1) is 18.4 Å². The van der Waals surface area contributed by atoms with Gasteiger partial charge in [-0.15, -0.1) is 0 Å². The van der Waals surface area contributed by atoms with Crippen molar-refractivity contribution in [3.63, 3.8) is 0 Å². The lowest BCUT2D eigenvalue weighted by molar-refractivity contribution is 0.0602. The molecule has 0 saturated carbocycles. The Labute approximate surface area is 118 Å². The number of hydrogen-bond acceptors (Lipinski definition) is 4. The molecular weight excluding hydrogens is 285 g/mol. The maximum atomic E-state index is 13.8. The van der Waals surface area contributed by atoms with Crippen LogP contribution in [0.1, 0.15) is 10.4 Å². The average molecular weight is 296 g/mol. The molecule has 0 aliphatic heterocycles. The van der Waals surface area contributed by atoms with Crippen LogP contribution >= 0.6 is 0 Å². The molecule has 3 N–H and O–H groups in total. The van der Waals surface area contributed by atoms with E-state index in [0.29, 0.717) is 0 Å². The summed E-state index contributed by atoms with van der Waals surface area (Å²) in [4.78, 5) is 11.5. The normalized spacial score (nSPS) is 10.3. The Kier molecular flexibility index (Phi) is 4.02. The fraction of sp³-hybridized carbons (Fsp3) is 0.0714. The van der Waals surface area contributed by atoms with E-state index in [4.69, 9.17) is 5.73 Å². The molecule has 0 atom stereocenters. The molecule has 0 unspecified atom stereocenters. The number of nitrogens with one attached hydrogen (secondary N) is 1. The minimum Gasteiger partial charge on any atom is -0.465 e. The van der Waals surface area contributed by atoms with Crippen molar-refractivity contribution in [3.05, 3.63) is 53.3 Å². The first-order chi connectivity index (χ1) is 9.93. The number of nitrogen functional groups attached to an aromatic ring is 1. The third-order valence-corrected chi connectivity index (χ3v) is 2.77. The number of para-hydroxylation sites is 1. The summed E-state index contributed by atoms with van der Waals surface area (Å²) >= 11 is 0. The first-order valence-electron chi connectivity index (χ1n) is 5.82. The summed E-state index contributed by atoms with van der Waals surface area (Å²) in [6, 6.07) is 5.11. The summed E-state index contributed by atoms with van der Waals surface area (Å²) in [5.41, 5.74) is 4.42. The van der Waals surface area contributed by atoms with Crippen LogP contribution in [0.3, 0.4) is 0 Å². The highest BCUT2D eigenvalue weighted by atomic mass is 19.1. The predicted octanol–water partition coefficient (Wildman–Crippen LogP) is 3.22. The highest BCUT2D eigenvalue weighted by Crippen LogP contribution is 2.28. The van der Waals surface area contributed by atoms with Crippen LogP contribution in [0.25, 0.3) is 0 Å². The summed E-state index contributed by atoms with van der Waals surface area (Å²) in [5.74, 6) is -3.44. The maximum Gasteiger partial charge on any atom is 0.340 e. The van der Waals surface area contributed by atoms with Gasteiger partial charge < -0.3 is 15.8 Å². The lowest BCUT2D eigenvalue weighted by atomic mass is 10.1. The molecule has 110 valence electrons. The van der Waals surface area contributed by atoms with Crippen molar-refractivity contribution >= 4 is 23.0 Å². The fourth-order valence-corrected chi connectivity index (χ4v) is 1.72. The van der Waals surface area contributed by atoms with Crippen LogP contribution in [0.5, 0.6) is 0 Å². The molecule has 0 spiro atoms. The minimum atomic E-state index is -0.897. The number of carbonyl (C=O) groups is 1. The molecule has 2 aromatic carbocycles. The molecule has 0 fully saturated rings. The van der Waals surface area contributed by atoms with E-state index in [0.717, 1.165) is 31.4 Å². The van der Waals surface area contributed by atoms with Crippen LogP contribution in [-0.2, 0) is 4.74 Å². The maximum absolute atomic E-state index is 13.8. The average Bonchev–Trinajstić information content (AvgIpc) is 2.44. The van der Waals surface area contributed by atoms with Gasteiger partial charge >= 0.3 is 5.97 Å². The number of ether oxygens (including phenoxy) is 1. The second-order valence-corrected chi connectivity index (χ2v) is 4.13. The number of halogens is 3. The molecule has 2 rings (SSSR count). The van der Waals surface area contributed by atoms with E-state index >= 15 is 0 Å². The highest BCUT2D eigenvalue weighted by Gasteiger charge is 2.17. The number of rotatable bonds is 3. The van der Waals surface area contributed by atoms with Crippen molar-refractivity contribution in [3.8, 4) is 0 Å². The SMILES string of the molecule is COC(=O)c1cc(Nc2c(F)cccc2F)c(F)cc1N. The van der Waals surface area contributed by atoms with Crippen LogP contribution in [0.2, 0.25) is 0 Å². The molecule has 0 aromatic heterocycles. The molecule has 4 nitrogen and oxygen atoms in total. The molecular formula is C14H11F3N2O2. The second-order valence-electron chi connectivity index (χ2n) is 4.13. The zero-order valence-electron chi connectivity index (χ0n) is 10.9. The van der Waals surface area contributed by atoms with E-state index in [1.807, 2.05) is 0 Å². The van der Waals surface area contributed by atoms with Crippen LogP contribution in [0, 0.1) is 17.5 Å². The largest absolute Gasteiger partial charge is 0.465 e. The molecule has 0 saturated heterocycles. The van der Waals surface area contributed by atoms with Gasteiger partial charge in [0.15, 0.2) is 0 Å². The van der Waals surface area contributed by atoms with E-state index in [2.05, 4.69) is 10.1 Å². The Balaban J connectivity index is 2.47. The smallest absolute Gasteiger partial charge is 0.340 e. The number of methoxy groups -OCH3 is 1. The van der Waals surface area contributed by atoms with Gasteiger partial charge in [0.25, 0.3) is 0 Å². The monoisotopic (exact) mass is 296 g/mol. The number of anilines is 3. The van der Waals surface area contributed by atoms with Gasteiger partial charge in [-0.3, -0.25) is 0 Å². The Bertz CT molecular complexity index is 685. The van der Waals surface area contributed by atoms with Crippen molar-refractivity contribution in [1.82, 2.24) is 0 Å². The molecule has 7 heteroatoms. The molecule has 0 bridgehead atoms. The Morgan fingerprint density at radius 1 is 1.14 bits per heavy atom. The van der Waals surface area contributed by atoms with Gasteiger partial charge in [0.1, 0.15) is 23.1 Å². The van der Waals surface area contributed by atoms with E-state index < -0.39 is 29.1 Å². The fourth-order valence-electron chi connectivity index (χ4n) is 1.72. The van der Waals surface area contributed by atoms with Crippen molar-refractivity contribution in [2.24, 2.45) is 0 Å². The molecule has 2 aromatic rings.